The van der Waals surface area contributed by atoms with Crippen LogP contribution in [0.25, 0.3) is 0 Å². The number of nitrogens with zero attached hydrogens (tertiary/aromatic N) is 3. The van der Waals surface area contributed by atoms with Crippen LogP contribution in [0, 0.1) is 0 Å². The molecule has 2 heterocycles. The molecule has 0 radical (unpaired) electrons. The molecule has 1 atom stereocenters. The maximum absolute atomic E-state index is 11.8. The number of nitrogen functional groups attached to an aromatic ring is 1. The summed E-state index contributed by atoms with van der Waals surface area (Å²) in [6, 6.07) is 7.27. The lowest BCUT2D eigenvalue weighted by Gasteiger charge is -2.19. The Morgan fingerprint density at radius 2 is 2.04 bits per heavy atom. The van der Waals surface area contributed by atoms with Crippen LogP contribution in [-0.2, 0) is 4.74 Å². The van der Waals surface area contributed by atoms with Crippen molar-refractivity contribution in [2.24, 2.45) is 0 Å². The molecular formula is C18H22N4O4. The van der Waals surface area contributed by atoms with Gasteiger partial charge in [-0.2, -0.15) is 4.98 Å². The van der Waals surface area contributed by atoms with Crippen LogP contribution in [0.2, 0.25) is 0 Å². The van der Waals surface area contributed by atoms with Crippen LogP contribution < -0.4 is 20.1 Å². The number of aromatic nitrogens is 2. The second-order valence-corrected chi connectivity index (χ2v) is 5.98. The number of carbonyl (C=O) groups excluding carboxylic acids is 1. The Morgan fingerprint density at radius 3 is 2.73 bits per heavy atom. The van der Waals surface area contributed by atoms with Gasteiger partial charge in [0.2, 0.25) is 5.95 Å². The average molecular weight is 358 g/mol. The molecule has 0 spiro atoms. The third-order valence-corrected chi connectivity index (χ3v) is 4.47. The van der Waals surface area contributed by atoms with E-state index in [4.69, 9.17) is 19.9 Å². The molecule has 0 bridgehead atoms. The van der Waals surface area contributed by atoms with Crippen molar-refractivity contribution in [2.75, 3.05) is 45.1 Å². The van der Waals surface area contributed by atoms with Gasteiger partial charge in [-0.1, -0.05) is 12.1 Å². The van der Waals surface area contributed by atoms with Gasteiger partial charge in [0.15, 0.2) is 17.2 Å². The van der Waals surface area contributed by atoms with Gasteiger partial charge in [-0.3, -0.25) is 0 Å². The summed E-state index contributed by atoms with van der Waals surface area (Å²) in [5.74, 6) is 1.80. The lowest BCUT2D eigenvalue weighted by Crippen LogP contribution is -2.23. The Hall–Kier alpha value is -3.03. The third kappa shape index (κ3) is 3.35. The van der Waals surface area contributed by atoms with Crippen LogP contribution in [-0.4, -0.2) is 50.4 Å². The van der Waals surface area contributed by atoms with E-state index in [1.54, 1.807) is 14.2 Å². The fraction of sp³-hybridized carbons (Fsp3) is 0.389. The molecule has 1 unspecified atom stereocenters. The van der Waals surface area contributed by atoms with Crippen molar-refractivity contribution in [3.8, 4) is 11.5 Å². The Labute approximate surface area is 151 Å². The molecule has 26 heavy (non-hydrogen) atoms. The maximum Gasteiger partial charge on any atom is 0.356 e. The molecule has 0 aliphatic carbocycles. The van der Waals surface area contributed by atoms with Crippen molar-refractivity contribution in [1.82, 2.24) is 9.97 Å². The van der Waals surface area contributed by atoms with E-state index in [2.05, 4.69) is 9.97 Å². The predicted molar refractivity (Wildman–Crippen MR) is 96.9 cm³/mol. The fourth-order valence-corrected chi connectivity index (χ4v) is 3.23. The largest absolute Gasteiger partial charge is 0.493 e. The molecule has 1 aliphatic rings. The van der Waals surface area contributed by atoms with Gasteiger partial charge in [-0.05, 0) is 12.5 Å². The molecule has 138 valence electrons. The number of carbonyl (C=O) groups is 1. The normalized spacial score (nSPS) is 16.4. The molecule has 0 saturated carbocycles. The Bertz CT molecular complexity index is 812. The molecule has 1 aromatic heterocycles. The molecule has 8 nitrogen and oxygen atoms in total. The second-order valence-electron chi connectivity index (χ2n) is 5.98. The van der Waals surface area contributed by atoms with Crippen molar-refractivity contribution in [3.63, 3.8) is 0 Å². The van der Waals surface area contributed by atoms with E-state index in [0.717, 1.165) is 24.3 Å². The van der Waals surface area contributed by atoms with E-state index < -0.39 is 5.97 Å². The number of para-hydroxylation sites is 1. The monoisotopic (exact) mass is 358 g/mol. The maximum atomic E-state index is 11.8. The summed E-state index contributed by atoms with van der Waals surface area (Å²) in [7, 11) is 4.57. The quantitative estimate of drug-likeness (QED) is 0.809. The first-order chi connectivity index (χ1) is 12.6. The van der Waals surface area contributed by atoms with Crippen LogP contribution in [0.15, 0.2) is 24.3 Å². The van der Waals surface area contributed by atoms with Gasteiger partial charge in [0.25, 0.3) is 0 Å². The highest BCUT2D eigenvalue weighted by atomic mass is 16.5. The summed E-state index contributed by atoms with van der Waals surface area (Å²) in [5.41, 5.74) is 7.05. The minimum Gasteiger partial charge on any atom is -0.493 e. The van der Waals surface area contributed by atoms with Crippen LogP contribution in [0.3, 0.4) is 0 Å². The van der Waals surface area contributed by atoms with E-state index >= 15 is 0 Å². The van der Waals surface area contributed by atoms with E-state index in [9.17, 15) is 4.79 Å². The minimum absolute atomic E-state index is 0.150. The number of methoxy groups -OCH3 is 3. The Kier molecular flexibility index (Phi) is 5.11. The van der Waals surface area contributed by atoms with Crippen LogP contribution in [0.4, 0.5) is 11.8 Å². The zero-order valence-corrected chi connectivity index (χ0v) is 15.1. The molecule has 3 rings (SSSR count). The summed E-state index contributed by atoms with van der Waals surface area (Å²) in [5, 5.41) is 0. The highest BCUT2D eigenvalue weighted by Crippen LogP contribution is 2.39. The van der Waals surface area contributed by atoms with Gasteiger partial charge < -0.3 is 24.8 Å². The molecule has 2 aromatic rings. The van der Waals surface area contributed by atoms with Crippen molar-refractivity contribution >= 4 is 17.7 Å². The van der Waals surface area contributed by atoms with Gasteiger partial charge in [0.05, 0.1) is 21.3 Å². The highest BCUT2D eigenvalue weighted by molar-refractivity contribution is 5.88. The van der Waals surface area contributed by atoms with Crippen LogP contribution in [0.5, 0.6) is 11.5 Å². The predicted octanol–water partition coefficient (Wildman–Crippen LogP) is 1.86. The van der Waals surface area contributed by atoms with E-state index in [0.29, 0.717) is 18.2 Å². The Balaban J connectivity index is 1.86. The molecule has 1 saturated heterocycles. The standard InChI is InChI=1S/C18H22N4O4/c1-24-14-6-4-5-12(16(14)25-2)11-7-8-22(10-11)18-20-13(17(23)26-3)9-15(19)21-18/h4-6,9,11H,7-8,10H2,1-3H3,(H2,19,20,21). The molecule has 1 fully saturated rings. The number of benzene rings is 1. The first kappa shape index (κ1) is 17.8. The van der Waals surface area contributed by atoms with Crippen molar-refractivity contribution < 1.29 is 19.0 Å². The van der Waals surface area contributed by atoms with E-state index in [1.807, 2.05) is 23.1 Å². The molecular weight excluding hydrogens is 336 g/mol. The fourth-order valence-electron chi connectivity index (χ4n) is 3.23. The third-order valence-electron chi connectivity index (χ3n) is 4.47. The number of anilines is 2. The summed E-state index contributed by atoms with van der Waals surface area (Å²) in [6.45, 7) is 1.43. The molecule has 8 heteroatoms. The van der Waals surface area contributed by atoms with Crippen LogP contribution >= 0.6 is 0 Å². The van der Waals surface area contributed by atoms with Gasteiger partial charge in [0.1, 0.15) is 5.82 Å². The number of rotatable bonds is 5. The van der Waals surface area contributed by atoms with Gasteiger partial charge in [-0.15, -0.1) is 0 Å². The van der Waals surface area contributed by atoms with E-state index in [1.165, 1.54) is 13.2 Å². The SMILES string of the molecule is COC(=O)c1cc(N)nc(N2CCC(c3cccc(OC)c3OC)C2)n1. The lowest BCUT2D eigenvalue weighted by atomic mass is 9.97. The zero-order valence-electron chi connectivity index (χ0n) is 15.1. The second kappa shape index (κ2) is 7.47. The molecule has 1 aliphatic heterocycles. The summed E-state index contributed by atoms with van der Waals surface area (Å²) in [4.78, 5) is 22.3. The van der Waals surface area contributed by atoms with Crippen molar-refractivity contribution in [1.29, 1.82) is 0 Å². The molecule has 2 N–H and O–H groups in total. The average Bonchev–Trinajstić information content (AvgIpc) is 3.16. The smallest absolute Gasteiger partial charge is 0.356 e. The first-order valence-corrected chi connectivity index (χ1v) is 8.26. The number of hydrogen-bond acceptors (Lipinski definition) is 8. The van der Waals surface area contributed by atoms with Gasteiger partial charge in [0, 0.05) is 30.6 Å². The first-order valence-electron chi connectivity index (χ1n) is 8.26. The summed E-state index contributed by atoms with van der Waals surface area (Å²) >= 11 is 0. The zero-order chi connectivity index (χ0) is 18.7. The van der Waals surface area contributed by atoms with Crippen molar-refractivity contribution in [3.05, 3.63) is 35.5 Å². The topological polar surface area (TPSA) is 99.8 Å². The van der Waals surface area contributed by atoms with Crippen molar-refractivity contribution in [2.45, 2.75) is 12.3 Å². The lowest BCUT2D eigenvalue weighted by molar-refractivity contribution is 0.0594. The summed E-state index contributed by atoms with van der Waals surface area (Å²) in [6.07, 6.45) is 0.898. The Morgan fingerprint density at radius 1 is 1.23 bits per heavy atom. The number of esters is 1. The minimum atomic E-state index is -0.537. The van der Waals surface area contributed by atoms with E-state index in [-0.39, 0.29) is 17.4 Å². The summed E-state index contributed by atoms with van der Waals surface area (Å²) < 4.78 is 15.7. The number of hydrogen-bond donors (Lipinski definition) is 1. The highest BCUT2D eigenvalue weighted by Gasteiger charge is 2.29. The van der Waals surface area contributed by atoms with Crippen LogP contribution in [0.1, 0.15) is 28.4 Å². The number of nitrogens with two attached hydrogens (primary N) is 1. The number of ether oxygens (including phenoxy) is 3. The molecule has 1 aromatic carbocycles. The van der Waals surface area contributed by atoms with Gasteiger partial charge in [-0.25, -0.2) is 9.78 Å². The van der Waals surface area contributed by atoms with Gasteiger partial charge >= 0.3 is 5.97 Å². The molecule has 0 amide bonds.